The van der Waals surface area contributed by atoms with E-state index in [-0.39, 0.29) is 16.6 Å². The number of carbonyl (C=O) groups excluding carboxylic acids is 1. The van der Waals surface area contributed by atoms with Crippen LogP contribution in [0.1, 0.15) is 32.1 Å². The van der Waals surface area contributed by atoms with Crippen molar-refractivity contribution in [2.24, 2.45) is 5.92 Å². The quantitative estimate of drug-likeness (QED) is 0.717. The van der Waals surface area contributed by atoms with E-state index in [1.807, 2.05) is 0 Å². The Bertz CT molecular complexity index is 626. The standard InChI is InChI=1S/C18H28O3SSi/c1-23(2,3)14-17(18(19)15-10-6-4-7-11-15)22(20,21)16-12-8-5-9-13-16/h5,8-9,12-13,15,17H,4,6-7,10-11,14H2,1-3H3. The summed E-state index contributed by atoms with van der Waals surface area (Å²) in [5.41, 5.74) is 0. The Morgan fingerprint density at radius 1 is 1.09 bits per heavy atom. The number of hydrogen-bond acceptors (Lipinski definition) is 3. The number of sulfone groups is 1. The molecule has 1 aliphatic rings. The Hall–Kier alpha value is -0.943. The van der Waals surface area contributed by atoms with E-state index in [1.165, 1.54) is 0 Å². The lowest BCUT2D eigenvalue weighted by molar-refractivity contribution is -0.123. The molecule has 1 aromatic carbocycles. The van der Waals surface area contributed by atoms with Crippen LogP contribution >= 0.6 is 0 Å². The molecule has 0 amide bonds. The van der Waals surface area contributed by atoms with Gasteiger partial charge in [-0.25, -0.2) is 8.42 Å². The van der Waals surface area contributed by atoms with Crippen molar-refractivity contribution in [1.29, 1.82) is 0 Å². The zero-order chi connectivity index (χ0) is 17.1. The molecule has 5 heteroatoms. The fourth-order valence-corrected chi connectivity index (χ4v) is 8.40. The van der Waals surface area contributed by atoms with E-state index in [4.69, 9.17) is 0 Å². The van der Waals surface area contributed by atoms with Gasteiger partial charge in [-0.3, -0.25) is 4.79 Å². The number of Topliss-reactive ketones (excluding diaryl/α,β-unsaturated/α-hetero) is 1. The molecule has 0 aliphatic heterocycles. The first kappa shape index (κ1) is 18.4. The third-order valence-corrected chi connectivity index (χ3v) is 8.58. The molecule has 1 fully saturated rings. The van der Waals surface area contributed by atoms with Crippen molar-refractivity contribution in [3.8, 4) is 0 Å². The Morgan fingerprint density at radius 3 is 2.17 bits per heavy atom. The fraction of sp³-hybridized carbons (Fsp3) is 0.611. The summed E-state index contributed by atoms with van der Waals surface area (Å²) in [7, 11) is -5.29. The SMILES string of the molecule is C[Si](C)(C)CC(C(=O)C1CCCCC1)S(=O)(=O)c1ccccc1. The van der Waals surface area contributed by atoms with Crippen molar-refractivity contribution in [3.63, 3.8) is 0 Å². The Morgan fingerprint density at radius 2 is 1.65 bits per heavy atom. The van der Waals surface area contributed by atoms with Crippen molar-refractivity contribution < 1.29 is 13.2 Å². The van der Waals surface area contributed by atoms with Crippen molar-refractivity contribution in [3.05, 3.63) is 30.3 Å². The number of rotatable bonds is 6. The summed E-state index contributed by atoms with van der Waals surface area (Å²) in [6.45, 7) is 6.40. The first-order chi connectivity index (χ1) is 10.7. The second-order valence-electron chi connectivity index (χ2n) is 7.85. The van der Waals surface area contributed by atoms with Crippen LogP contribution in [0.3, 0.4) is 0 Å². The van der Waals surface area contributed by atoms with Gasteiger partial charge in [-0.05, 0) is 31.0 Å². The van der Waals surface area contributed by atoms with Crippen LogP contribution < -0.4 is 0 Å². The molecule has 1 aliphatic carbocycles. The van der Waals surface area contributed by atoms with Gasteiger partial charge in [-0.2, -0.15) is 0 Å². The lowest BCUT2D eigenvalue weighted by Gasteiger charge is -2.28. The molecule has 1 saturated carbocycles. The predicted octanol–water partition coefficient (Wildman–Crippen LogP) is 4.32. The Balaban J connectivity index is 2.35. The van der Waals surface area contributed by atoms with E-state index in [9.17, 15) is 13.2 Å². The van der Waals surface area contributed by atoms with Gasteiger partial charge in [0.1, 0.15) is 5.25 Å². The molecule has 2 rings (SSSR count). The number of benzene rings is 1. The van der Waals surface area contributed by atoms with Gasteiger partial charge in [0.25, 0.3) is 0 Å². The average molecular weight is 353 g/mol. The van der Waals surface area contributed by atoms with Gasteiger partial charge >= 0.3 is 0 Å². The molecule has 0 aromatic heterocycles. The zero-order valence-electron chi connectivity index (χ0n) is 14.4. The predicted molar refractivity (Wildman–Crippen MR) is 97.2 cm³/mol. The van der Waals surface area contributed by atoms with Gasteiger partial charge in [0.05, 0.1) is 4.90 Å². The minimum absolute atomic E-state index is 0.0315. The third-order valence-electron chi connectivity index (χ3n) is 4.57. The molecule has 23 heavy (non-hydrogen) atoms. The van der Waals surface area contributed by atoms with E-state index < -0.39 is 23.2 Å². The molecule has 1 unspecified atom stereocenters. The molecule has 0 heterocycles. The number of ketones is 1. The zero-order valence-corrected chi connectivity index (χ0v) is 16.2. The smallest absolute Gasteiger partial charge is 0.188 e. The monoisotopic (exact) mass is 352 g/mol. The first-order valence-corrected chi connectivity index (χ1v) is 13.8. The molecule has 1 atom stereocenters. The van der Waals surface area contributed by atoms with Gasteiger partial charge in [0, 0.05) is 14.0 Å². The highest BCUT2D eigenvalue weighted by molar-refractivity contribution is 7.93. The van der Waals surface area contributed by atoms with Gasteiger partial charge in [0.15, 0.2) is 15.6 Å². The summed E-state index contributed by atoms with van der Waals surface area (Å²) in [5, 5.41) is -0.861. The van der Waals surface area contributed by atoms with E-state index in [0.717, 1.165) is 32.1 Å². The largest absolute Gasteiger partial charge is 0.298 e. The lowest BCUT2D eigenvalue weighted by atomic mass is 9.85. The summed E-state index contributed by atoms with van der Waals surface area (Å²) >= 11 is 0. The highest BCUT2D eigenvalue weighted by Gasteiger charge is 2.40. The molecule has 0 spiro atoms. The van der Waals surface area contributed by atoms with Gasteiger partial charge in [0.2, 0.25) is 0 Å². The topological polar surface area (TPSA) is 51.2 Å². The number of carbonyl (C=O) groups is 1. The summed E-state index contributed by atoms with van der Waals surface area (Å²) in [5.74, 6) is -0.0976. The van der Waals surface area contributed by atoms with E-state index >= 15 is 0 Å². The Labute approximate surface area is 141 Å². The molecule has 1 aromatic rings. The van der Waals surface area contributed by atoms with Crippen LogP contribution in [0.5, 0.6) is 0 Å². The minimum Gasteiger partial charge on any atom is -0.298 e. The van der Waals surface area contributed by atoms with Crippen LogP contribution in [-0.2, 0) is 14.6 Å². The van der Waals surface area contributed by atoms with E-state index in [0.29, 0.717) is 6.04 Å². The molecule has 128 valence electrons. The fourth-order valence-electron chi connectivity index (χ4n) is 3.34. The normalized spacial score (nSPS) is 18.6. The Kier molecular flexibility index (Phi) is 5.84. The van der Waals surface area contributed by atoms with E-state index in [2.05, 4.69) is 19.6 Å². The molecule has 0 radical (unpaired) electrons. The van der Waals surface area contributed by atoms with Crippen LogP contribution in [0.2, 0.25) is 25.7 Å². The second kappa shape index (κ2) is 7.30. The van der Waals surface area contributed by atoms with Crippen LogP contribution in [-0.4, -0.2) is 27.5 Å². The van der Waals surface area contributed by atoms with Gasteiger partial charge in [-0.1, -0.05) is 57.1 Å². The maximum absolute atomic E-state index is 13.1. The minimum atomic E-state index is -3.60. The van der Waals surface area contributed by atoms with Crippen LogP contribution in [0.25, 0.3) is 0 Å². The first-order valence-electron chi connectivity index (χ1n) is 8.54. The summed E-state index contributed by atoms with van der Waals surface area (Å²) in [4.78, 5) is 13.3. The van der Waals surface area contributed by atoms with Gasteiger partial charge in [-0.15, -0.1) is 0 Å². The lowest BCUT2D eigenvalue weighted by Crippen LogP contribution is -2.41. The third kappa shape index (κ3) is 4.77. The molecule has 0 N–H and O–H groups in total. The van der Waals surface area contributed by atoms with Crippen LogP contribution in [0.4, 0.5) is 0 Å². The van der Waals surface area contributed by atoms with Crippen LogP contribution in [0, 0.1) is 5.92 Å². The number of hydrogen-bond donors (Lipinski definition) is 0. The maximum Gasteiger partial charge on any atom is 0.188 e. The maximum atomic E-state index is 13.1. The van der Waals surface area contributed by atoms with E-state index in [1.54, 1.807) is 30.3 Å². The molecule has 0 saturated heterocycles. The highest BCUT2D eigenvalue weighted by atomic mass is 32.2. The highest BCUT2D eigenvalue weighted by Crippen LogP contribution is 2.32. The van der Waals surface area contributed by atoms with Crippen molar-refractivity contribution in [1.82, 2.24) is 0 Å². The summed E-state index contributed by atoms with van der Waals surface area (Å²) in [6.07, 6.45) is 4.95. The molecule has 0 bridgehead atoms. The van der Waals surface area contributed by atoms with Gasteiger partial charge < -0.3 is 0 Å². The summed E-state index contributed by atoms with van der Waals surface area (Å²) in [6, 6.07) is 8.99. The van der Waals surface area contributed by atoms with Crippen LogP contribution in [0.15, 0.2) is 35.2 Å². The summed E-state index contributed by atoms with van der Waals surface area (Å²) < 4.78 is 26.2. The van der Waals surface area contributed by atoms with Crippen molar-refractivity contribution in [2.75, 3.05) is 0 Å². The molecular weight excluding hydrogens is 324 g/mol. The second-order valence-corrected chi connectivity index (χ2v) is 15.5. The average Bonchev–Trinajstić information content (AvgIpc) is 2.53. The molecule has 3 nitrogen and oxygen atoms in total. The van der Waals surface area contributed by atoms with Crippen molar-refractivity contribution >= 4 is 23.7 Å². The van der Waals surface area contributed by atoms with Crippen molar-refractivity contribution in [2.45, 2.75) is 67.9 Å². The molecular formula is C18H28O3SSi.